The largest absolute Gasteiger partial charge is 0.465 e. The van der Waals surface area contributed by atoms with Crippen LogP contribution in [-0.4, -0.2) is 19.8 Å². The van der Waals surface area contributed by atoms with E-state index in [-0.39, 0.29) is 0 Å². The summed E-state index contributed by atoms with van der Waals surface area (Å²) in [5, 5.41) is 3.29. The van der Waals surface area contributed by atoms with Gasteiger partial charge in [0.2, 0.25) is 0 Å². The Hall–Kier alpha value is -0.800. The highest BCUT2D eigenvalue weighted by atomic mass is 16.5. The van der Waals surface area contributed by atoms with E-state index >= 15 is 0 Å². The molecule has 1 N–H and O–H groups in total. The van der Waals surface area contributed by atoms with E-state index in [0.717, 1.165) is 24.7 Å². The second-order valence-electron chi connectivity index (χ2n) is 3.25. The SMILES string of the molecule is COCC(C)NCc1ccc(C)o1. The Kier molecular flexibility index (Phi) is 3.99. The molecule has 1 heterocycles. The van der Waals surface area contributed by atoms with Crippen LogP contribution in [0.4, 0.5) is 0 Å². The van der Waals surface area contributed by atoms with Gasteiger partial charge in [-0.1, -0.05) is 0 Å². The molecule has 0 fully saturated rings. The Balaban J connectivity index is 2.26. The fourth-order valence-corrected chi connectivity index (χ4v) is 1.16. The van der Waals surface area contributed by atoms with Crippen molar-refractivity contribution in [1.82, 2.24) is 5.32 Å². The molecular weight excluding hydrogens is 166 g/mol. The average Bonchev–Trinajstić information content (AvgIpc) is 2.49. The third-order valence-corrected chi connectivity index (χ3v) is 1.84. The molecule has 0 aliphatic carbocycles. The van der Waals surface area contributed by atoms with Gasteiger partial charge < -0.3 is 14.5 Å². The van der Waals surface area contributed by atoms with E-state index < -0.39 is 0 Å². The Labute approximate surface area is 79.1 Å². The summed E-state index contributed by atoms with van der Waals surface area (Å²) in [4.78, 5) is 0. The molecule has 0 aromatic carbocycles. The first-order valence-electron chi connectivity index (χ1n) is 4.50. The number of methoxy groups -OCH3 is 1. The fourth-order valence-electron chi connectivity index (χ4n) is 1.16. The van der Waals surface area contributed by atoms with Crippen molar-refractivity contribution < 1.29 is 9.15 Å². The van der Waals surface area contributed by atoms with Gasteiger partial charge in [-0.3, -0.25) is 0 Å². The van der Waals surface area contributed by atoms with E-state index in [4.69, 9.17) is 9.15 Å². The molecule has 13 heavy (non-hydrogen) atoms. The lowest BCUT2D eigenvalue weighted by Crippen LogP contribution is -2.29. The molecule has 3 nitrogen and oxygen atoms in total. The molecule has 74 valence electrons. The monoisotopic (exact) mass is 183 g/mol. The molecule has 0 radical (unpaired) electrons. The summed E-state index contributed by atoms with van der Waals surface area (Å²) < 4.78 is 10.4. The number of nitrogens with one attached hydrogen (secondary N) is 1. The molecular formula is C10H17NO2. The molecule has 1 aromatic rings. The van der Waals surface area contributed by atoms with Gasteiger partial charge in [0.25, 0.3) is 0 Å². The van der Waals surface area contributed by atoms with Gasteiger partial charge in [0.15, 0.2) is 0 Å². The van der Waals surface area contributed by atoms with Crippen molar-refractivity contribution in [3.8, 4) is 0 Å². The molecule has 0 saturated carbocycles. The Morgan fingerprint density at radius 3 is 2.85 bits per heavy atom. The molecule has 1 rings (SSSR count). The van der Waals surface area contributed by atoms with Crippen LogP contribution in [0, 0.1) is 6.92 Å². The minimum atomic E-state index is 0.357. The smallest absolute Gasteiger partial charge is 0.117 e. The van der Waals surface area contributed by atoms with Gasteiger partial charge in [-0.25, -0.2) is 0 Å². The van der Waals surface area contributed by atoms with E-state index in [0.29, 0.717) is 6.04 Å². The number of rotatable bonds is 5. The van der Waals surface area contributed by atoms with Gasteiger partial charge in [0.1, 0.15) is 11.5 Å². The maximum atomic E-state index is 5.41. The minimum Gasteiger partial charge on any atom is -0.465 e. The van der Waals surface area contributed by atoms with Gasteiger partial charge in [-0.2, -0.15) is 0 Å². The average molecular weight is 183 g/mol. The highest BCUT2D eigenvalue weighted by molar-refractivity contribution is 5.05. The summed E-state index contributed by atoms with van der Waals surface area (Å²) >= 11 is 0. The first-order valence-corrected chi connectivity index (χ1v) is 4.50. The van der Waals surface area contributed by atoms with Crippen LogP contribution in [0.5, 0.6) is 0 Å². The number of aryl methyl sites for hydroxylation is 1. The predicted molar refractivity (Wildman–Crippen MR) is 51.6 cm³/mol. The zero-order valence-electron chi connectivity index (χ0n) is 8.46. The summed E-state index contributed by atoms with van der Waals surface area (Å²) in [6.45, 7) is 5.51. The van der Waals surface area contributed by atoms with E-state index in [1.54, 1.807) is 7.11 Å². The topological polar surface area (TPSA) is 34.4 Å². The summed E-state index contributed by atoms with van der Waals surface area (Å²) in [7, 11) is 1.70. The van der Waals surface area contributed by atoms with E-state index in [1.807, 2.05) is 19.1 Å². The van der Waals surface area contributed by atoms with Crippen LogP contribution >= 0.6 is 0 Å². The molecule has 0 amide bonds. The lowest BCUT2D eigenvalue weighted by atomic mass is 10.3. The standard InChI is InChI=1S/C10H17NO2/c1-8(7-12-3)11-6-10-5-4-9(2)13-10/h4-5,8,11H,6-7H2,1-3H3. The Morgan fingerprint density at radius 1 is 1.54 bits per heavy atom. The highest BCUT2D eigenvalue weighted by Gasteiger charge is 2.02. The van der Waals surface area contributed by atoms with Gasteiger partial charge in [-0.15, -0.1) is 0 Å². The molecule has 0 saturated heterocycles. The summed E-state index contributed by atoms with van der Waals surface area (Å²) in [6, 6.07) is 4.32. The van der Waals surface area contributed by atoms with Crippen molar-refractivity contribution in [2.45, 2.75) is 26.4 Å². The quantitative estimate of drug-likeness (QED) is 0.754. The van der Waals surface area contributed by atoms with Crippen LogP contribution < -0.4 is 5.32 Å². The third kappa shape index (κ3) is 3.61. The fraction of sp³-hybridized carbons (Fsp3) is 0.600. The number of furan rings is 1. The van der Waals surface area contributed by atoms with Gasteiger partial charge >= 0.3 is 0 Å². The maximum absolute atomic E-state index is 5.41. The van der Waals surface area contributed by atoms with Gasteiger partial charge in [0, 0.05) is 13.2 Å². The van der Waals surface area contributed by atoms with Crippen molar-refractivity contribution in [3.63, 3.8) is 0 Å². The molecule has 1 aromatic heterocycles. The van der Waals surface area contributed by atoms with Crippen LogP contribution in [0.3, 0.4) is 0 Å². The van der Waals surface area contributed by atoms with E-state index in [9.17, 15) is 0 Å². The predicted octanol–water partition coefficient (Wildman–Crippen LogP) is 1.71. The number of hydrogen-bond donors (Lipinski definition) is 1. The normalized spacial score (nSPS) is 13.2. The molecule has 1 atom stereocenters. The number of ether oxygens (including phenoxy) is 1. The molecule has 0 aliphatic rings. The second-order valence-corrected chi connectivity index (χ2v) is 3.25. The molecule has 3 heteroatoms. The lowest BCUT2D eigenvalue weighted by molar-refractivity contribution is 0.170. The van der Waals surface area contributed by atoms with Crippen LogP contribution in [0.1, 0.15) is 18.4 Å². The van der Waals surface area contributed by atoms with E-state index in [1.165, 1.54) is 0 Å². The van der Waals surface area contributed by atoms with Crippen molar-refractivity contribution >= 4 is 0 Å². The summed E-state index contributed by atoms with van der Waals surface area (Å²) in [6.07, 6.45) is 0. The van der Waals surface area contributed by atoms with Crippen molar-refractivity contribution in [2.24, 2.45) is 0 Å². The first kappa shape index (κ1) is 10.3. The molecule has 1 unspecified atom stereocenters. The van der Waals surface area contributed by atoms with Crippen molar-refractivity contribution in [2.75, 3.05) is 13.7 Å². The second kappa shape index (κ2) is 5.04. The Bertz CT molecular complexity index is 245. The minimum absolute atomic E-state index is 0.357. The first-order chi connectivity index (χ1) is 6.22. The maximum Gasteiger partial charge on any atom is 0.117 e. The molecule has 0 spiro atoms. The zero-order chi connectivity index (χ0) is 9.68. The summed E-state index contributed by atoms with van der Waals surface area (Å²) in [5.74, 6) is 1.93. The highest BCUT2D eigenvalue weighted by Crippen LogP contribution is 2.05. The van der Waals surface area contributed by atoms with Crippen LogP contribution in [0.2, 0.25) is 0 Å². The third-order valence-electron chi connectivity index (χ3n) is 1.84. The lowest BCUT2D eigenvalue weighted by Gasteiger charge is -2.10. The Morgan fingerprint density at radius 2 is 2.31 bits per heavy atom. The molecule has 0 bridgehead atoms. The molecule has 0 aliphatic heterocycles. The van der Waals surface area contributed by atoms with Crippen LogP contribution in [0.15, 0.2) is 16.5 Å². The van der Waals surface area contributed by atoms with Crippen LogP contribution in [-0.2, 0) is 11.3 Å². The number of hydrogen-bond acceptors (Lipinski definition) is 3. The summed E-state index contributed by atoms with van der Waals surface area (Å²) in [5.41, 5.74) is 0. The van der Waals surface area contributed by atoms with Crippen molar-refractivity contribution in [3.05, 3.63) is 23.7 Å². The van der Waals surface area contributed by atoms with E-state index in [2.05, 4.69) is 12.2 Å². The van der Waals surface area contributed by atoms with Crippen molar-refractivity contribution in [1.29, 1.82) is 0 Å². The van der Waals surface area contributed by atoms with Gasteiger partial charge in [-0.05, 0) is 26.0 Å². The van der Waals surface area contributed by atoms with Crippen LogP contribution in [0.25, 0.3) is 0 Å². The van der Waals surface area contributed by atoms with Gasteiger partial charge in [0.05, 0.1) is 13.2 Å². The zero-order valence-corrected chi connectivity index (χ0v) is 8.46.